The van der Waals surface area contributed by atoms with Crippen LogP contribution in [0.5, 0.6) is 0 Å². The van der Waals surface area contributed by atoms with Crippen LogP contribution in [0.1, 0.15) is 20.7 Å². The third kappa shape index (κ3) is 3.17. The number of aromatic carboxylic acids is 2. The van der Waals surface area contributed by atoms with Gasteiger partial charge in [0.15, 0.2) is 0 Å². The van der Waals surface area contributed by atoms with E-state index in [0.29, 0.717) is 5.56 Å². The summed E-state index contributed by atoms with van der Waals surface area (Å²) < 4.78 is 0. The van der Waals surface area contributed by atoms with E-state index in [9.17, 15) is 9.59 Å². The molecule has 118 valence electrons. The zero-order valence-corrected chi connectivity index (χ0v) is 12.6. The number of carboxylic acids is 2. The van der Waals surface area contributed by atoms with Crippen molar-refractivity contribution in [2.45, 2.75) is 0 Å². The molecule has 0 aromatic heterocycles. The van der Waals surface area contributed by atoms with Crippen molar-refractivity contribution in [2.24, 2.45) is 0 Å². The lowest BCUT2D eigenvalue weighted by atomic mass is 9.97. The maximum absolute atomic E-state index is 11.2. The molecule has 3 aromatic carbocycles. The second-order valence-corrected chi connectivity index (χ2v) is 5.35. The number of hydrogen-bond acceptors (Lipinski definition) is 2. The van der Waals surface area contributed by atoms with Gasteiger partial charge in [-0.15, -0.1) is 0 Å². The Morgan fingerprint density at radius 1 is 0.542 bits per heavy atom. The standard InChI is InChI=1S/C20H14O4/c21-19(22)17-10-16(11-18(12-17)20(23)24)15-8-6-14(7-9-15)13-4-2-1-3-5-13/h1-12H,(H,21,22)(H,23,24). The molecule has 0 amide bonds. The molecule has 0 atom stereocenters. The van der Waals surface area contributed by atoms with E-state index in [1.165, 1.54) is 12.1 Å². The molecule has 0 spiro atoms. The summed E-state index contributed by atoms with van der Waals surface area (Å²) in [5.41, 5.74) is 3.35. The molecule has 3 aromatic rings. The van der Waals surface area contributed by atoms with Crippen LogP contribution in [0.25, 0.3) is 22.3 Å². The quantitative estimate of drug-likeness (QED) is 0.747. The van der Waals surface area contributed by atoms with Gasteiger partial charge in [-0.3, -0.25) is 0 Å². The second-order valence-electron chi connectivity index (χ2n) is 5.35. The van der Waals surface area contributed by atoms with Gasteiger partial charge in [0.05, 0.1) is 11.1 Å². The topological polar surface area (TPSA) is 74.6 Å². The van der Waals surface area contributed by atoms with Crippen LogP contribution >= 0.6 is 0 Å². The van der Waals surface area contributed by atoms with Gasteiger partial charge >= 0.3 is 11.9 Å². The first-order valence-electron chi connectivity index (χ1n) is 7.32. The Kier molecular flexibility index (Phi) is 4.12. The normalized spacial score (nSPS) is 10.3. The average molecular weight is 318 g/mol. The van der Waals surface area contributed by atoms with E-state index in [-0.39, 0.29) is 11.1 Å². The van der Waals surface area contributed by atoms with Crippen LogP contribution in [0.4, 0.5) is 0 Å². The van der Waals surface area contributed by atoms with Crippen LogP contribution in [0.3, 0.4) is 0 Å². The van der Waals surface area contributed by atoms with Gasteiger partial charge in [-0.1, -0.05) is 54.6 Å². The first kappa shape index (κ1) is 15.5. The third-order valence-corrected chi connectivity index (χ3v) is 3.75. The molecule has 0 fully saturated rings. The molecule has 24 heavy (non-hydrogen) atoms. The molecule has 3 rings (SSSR count). The fraction of sp³-hybridized carbons (Fsp3) is 0. The molecule has 0 saturated carbocycles. The molecular formula is C20H14O4. The summed E-state index contributed by atoms with van der Waals surface area (Å²) in [4.78, 5) is 22.4. The van der Waals surface area contributed by atoms with E-state index < -0.39 is 11.9 Å². The fourth-order valence-electron chi connectivity index (χ4n) is 2.53. The Labute approximate surface area is 138 Å². The van der Waals surface area contributed by atoms with Crippen LogP contribution in [0.15, 0.2) is 72.8 Å². The lowest BCUT2D eigenvalue weighted by Crippen LogP contribution is -2.03. The largest absolute Gasteiger partial charge is 0.478 e. The van der Waals surface area contributed by atoms with Crippen molar-refractivity contribution < 1.29 is 19.8 Å². The van der Waals surface area contributed by atoms with Crippen LogP contribution in [0, 0.1) is 0 Å². The Morgan fingerprint density at radius 3 is 1.42 bits per heavy atom. The Bertz CT molecular complexity index is 864. The van der Waals surface area contributed by atoms with E-state index in [0.717, 1.165) is 22.8 Å². The van der Waals surface area contributed by atoms with Crippen LogP contribution < -0.4 is 0 Å². The van der Waals surface area contributed by atoms with Gasteiger partial charge in [0, 0.05) is 0 Å². The van der Waals surface area contributed by atoms with Crippen molar-refractivity contribution in [3.05, 3.63) is 83.9 Å². The van der Waals surface area contributed by atoms with Crippen molar-refractivity contribution >= 4 is 11.9 Å². The summed E-state index contributed by atoms with van der Waals surface area (Å²) in [6.07, 6.45) is 0. The highest BCUT2D eigenvalue weighted by Gasteiger charge is 2.12. The summed E-state index contributed by atoms with van der Waals surface area (Å²) in [6.45, 7) is 0. The lowest BCUT2D eigenvalue weighted by molar-refractivity contribution is 0.0696. The molecule has 4 heteroatoms. The van der Waals surface area contributed by atoms with Crippen molar-refractivity contribution in [3.8, 4) is 22.3 Å². The highest BCUT2D eigenvalue weighted by atomic mass is 16.4. The van der Waals surface area contributed by atoms with Crippen LogP contribution in [-0.2, 0) is 0 Å². The summed E-state index contributed by atoms with van der Waals surface area (Å²) in [6, 6.07) is 21.6. The second kappa shape index (κ2) is 6.38. The predicted molar refractivity (Wildman–Crippen MR) is 91.2 cm³/mol. The number of rotatable bonds is 4. The van der Waals surface area contributed by atoms with Gasteiger partial charge in [-0.25, -0.2) is 9.59 Å². The summed E-state index contributed by atoms with van der Waals surface area (Å²) in [5.74, 6) is -2.31. The molecular weight excluding hydrogens is 304 g/mol. The zero-order chi connectivity index (χ0) is 17.1. The number of carboxylic acid groups (broad SMARTS) is 2. The number of hydrogen-bond donors (Lipinski definition) is 2. The molecule has 0 radical (unpaired) electrons. The maximum atomic E-state index is 11.2. The summed E-state index contributed by atoms with van der Waals surface area (Å²) >= 11 is 0. The van der Waals surface area contributed by atoms with E-state index in [1.807, 2.05) is 54.6 Å². The first-order chi connectivity index (χ1) is 11.5. The van der Waals surface area contributed by atoms with Crippen molar-refractivity contribution in [1.82, 2.24) is 0 Å². The monoisotopic (exact) mass is 318 g/mol. The predicted octanol–water partition coefficient (Wildman–Crippen LogP) is 4.42. The summed E-state index contributed by atoms with van der Waals surface area (Å²) in [7, 11) is 0. The Morgan fingerprint density at radius 2 is 0.958 bits per heavy atom. The lowest BCUT2D eigenvalue weighted by Gasteiger charge is -2.07. The van der Waals surface area contributed by atoms with Gasteiger partial charge in [0.25, 0.3) is 0 Å². The minimum absolute atomic E-state index is 0.0444. The van der Waals surface area contributed by atoms with E-state index in [1.54, 1.807) is 0 Å². The molecule has 0 bridgehead atoms. The molecule has 2 N–H and O–H groups in total. The number of benzene rings is 3. The minimum Gasteiger partial charge on any atom is -0.478 e. The van der Waals surface area contributed by atoms with E-state index in [4.69, 9.17) is 10.2 Å². The van der Waals surface area contributed by atoms with Crippen LogP contribution in [-0.4, -0.2) is 22.2 Å². The molecule has 0 aliphatic rings. The zero-order valence-electron chi connectivity index (χ0n) is 12.6. The van der Waals surface area contributed by atoms with Crippen molar-refractivity contribution in [2.75, 3.05) is 0 Å². The van der Waals surface area contributed by atoms with E-state index in [2.05, 4.69) is 0 Å². The minimum atomic E-state index is -1.15. The molecule has 0 unspecified atom stereocenters. The van der Waals surface area contributed by atoms with Crippen LogP contribution in [0.2, 0.25) is 0 Å². The Hall–Kier alpha value is -3.40. The molecule has 4 nitrogen and oxygen atoms in total. The molecule has 0 aliphatic heterocycles. The fourth-order valence-corrected chi connectivity index (χ4v) is 2.53. The SMILES string of the molecule is O=C(O)c1cc(C(=O)O)cc(-c2ccc(-c3ccccc3)cc2)c1. The highest BCUT2D eigenvalue weighted by molar-refractivity contribution is 5.96. The van der Waals surface area contributed by atoms with Gasteiger partial charge < -0.3 is 10.2 Å². The molecule has 0 aliphatic carbocycles. The molecule has 0 saturated heterocycles. The van der Waals surface area contributed by atoms with Crippen molar-refractivity contribution in [1.29, 1.82) is 0 Å². The first-order valence-corrected chi connectivity index (χ1v) is 7.32. The Balaban J connectivity index is 2.03. The van der Waals surface area contributed by atoms with Gasteiger partial charge in [0.2, 0.25) is 0 Å². The molecule has 0 heterocycles. The van der Waals surface area contributed by atoms with Crippen molar-refractivity contribution in [3.63, 3.8) is 0 Å². The highest BCUT2D eigenvalue weighted by Crippen LogP contribution is 2.26. The maximum Gasteiger partial charge on any atom is 0.335 e. The van der Waals surface area contributed by atoms with Gasteiger partial charge in [0.1, 0.15) is 0 Å². The van der Waals surface area contributed by atoms with Gasteiger partial charge in [-0.2, -0.15) is 0 Å². The summed E-state index contributed by atoms with van der Waals surface area (Å²) in [5, 5.41) is 18.3. The average Bonchev–Trinajstić information content (AvgIpc) is 2.62. The number of carbonyl (C=O) groups is 2. The third-order valence-electron chi connectivity index (χ3n) is 3.75. The van der Waals surface area contributed by atoms with Gasteiger partial charge in [-0.05, 0) is 40.5 Å². The smallest absolute Gasteiger partial charge is 0.335 e. The van der Waals surface area contributed by atoms with E-state index >= 15 is 0 Å².